The minimum absolute atomic E-state index is 0.00550. The molecule has 0 unspecified atom stereocenters. The number of amides is 1. The summed E-state index contributed by atoms with van der Waals surface area (Å²) < 4.78 is 1.72. The summed E-state index contributed by atoms with van der Waals surface area (Å²) in [5.74, 6) is -0.121. The standard InChI is InChI=1S/C24H21N5O3/c30-23(26-14-12-18-5-4-13-25-16-18)15-20-17-28(21-6-2-1-3-7-21)27-24(20)19-8-10-22(11-9-19)29(31)32/h1-11,13,16-17H,12,14-15H2,(H,26,30). The molecule has 0 fully saturated rings. The normalized spacial score (nSPS) is 10.6. The number of hydrogen-bond donors (Lipinski definition) is 1. The van der Waals surface area contributed by atoms with Gasteiger partial charge in [-0.05, 0) is 42.3 Å². The highest BCUT2D eigenvalue weighted by molar-refractivity contribution is 5.81. The third-order valence-corrected chi connectivity index (χ3v) is 4.97. The van der Waals surface area contributed by atoms with Crippen LogP contribution in [0.5, 0.6) is 0 Å². The molecule has 0 aliphatic rings. The highest BCUT2D eigenvalue weighted by Gasteiger charge is 2.16. The zero-order chi connectivity index (χ0) is 22.3. The second-order valence-corrected chi connectivity index (χ2v) is 7.23. The van der Waals surface area contributed by atoms with E-state index in [0.29, 0.717) is 24.2 Å². The minimum atomic E-state index is -0.442. The number of nitro groups is 1. The van der Waals surface area contributed by atoms with Crippen LogP contribution in [0, 0.1) is 10.1 Å². The van der Waals surface area contributed by atoms with E-state index in [9.17, 15) is 14.9 Å². The SMILES string of the molecule is O=C(Cc1cn(-c2ccccc2)nc1-c1ccc([N+](=O)[O-])cc1)NCCc1cccnc1. The quantitative estimate of drug-likeness (QED) is 0.341. The average molecular weight is 427 g/mol. The van der Waals surface area contributed by atoms with Crippen molar-refractivity contribution in [3.63, 3.8) is 0 Å². The number of para-hydroxylation sites is 1. The van der Waals surface area contributed by atoms with Crippen LogP contribution in [0.15, 0.2) is 85.3 Å². The molecule has 32 heavy (non-hydrogen) atoms. The molecule has 160 valence electrons. The largest absolute Gasteiger partial charge is 0.355 e. The summed E-state index contributed by atoms with van der Waals surface area (Å²) in [6.45, 7) is 0.504. The fraction of sp³-hybridized carbons (Fsp3) is 0.125. The number of rotatable bonds is 8. The molecule has 0 spiro atoms. The van der Waals surface area contributed by atoms with Crippen molar-refractivity contribution in [3.8, 4) is 16.9 Å². The molecule has 4 aromatic rings. The van der Waals surface area contributed by atoms with Crippen molar-refractivity contribution >= 4 is 11.6 Å². The number of carbonyl (C=O) groups is 1. The first-order chi connectivity index (χ1) is 15.6. The smallest absolute Gasteiger partial charge is 0.269 e. The molecule has 1 amide bonds. The van der Waals surface area contributed by atoms with Gasteiger partial charge in [-0.15, -0.1) is 0 Å². The van der Waals surface area contributed by atoms with Crippen molar-refractivity contribution < 1.29 is 9.72 Å². The van der Waals surface area contributed by atoms with Gasteiger partial charge in [0, 0.05) is 48.4 Å². The van der Waals surface area contributed by atoms with E-state index in [2.05, 4.69) is 15.4 Å². The summed E-state index contributed by atoms with van der Waals surface area (Å²) in [5.41, 5.74) is 3.98. The summed E-state index contributed by atoms with van der Waals surface area (Å²) in [5, 5.41) is 18.6. The molecule has 2 aromatic heterocycles. The van der Waals surface area contributed by atoms with Crippen molar-refractivity contribution in [3.05, 3.63) is 107 Å². The van der Waals surface area contributed by atoms with Gasteiger partial charge in [0.05, 0.1) is 22.7 Å². The summed E-state index contributed by atoms with van der Waals surface area (Å²) in [4.78, 5) is 27.2. The predicted molar refractivity (Wildman–Crippen MR) is 120 cm³/mol. The van der Waals surface area contributed by atoms with Crippen molar-refractivity contribution in [1.29, 1.82) is 0 Å². The predicted octanol–water partition coefficient (Wildman–Crippen LogP) is 3.74. The van der Waals surface area contributed by atoms with Crippen molar-refractivity contribution in [1.82, 2.24) is 20.1 Å². The van der Waals surface area contributed by atoms with Crippen LogP contribution in [0.25, 0.3) is 16.9 Å². The van der Waals surface area contributed by atoms with Crippen LogP contribution in [0.4, 0.5) is 5.69 Å². The van der Waals surface area contributed by atoms with Crippen LogP contribution in [-0.2, 0) is 17.6 Å². The molecule has 0 aliphatic heterocycles. The van der Waals surface area contributed by atoms with Gasteiger partial charge in [-0.3, -0.25) is 19.9 Å². The fourth-order valence-electron chi connectivity index (χ4n) is 3.36. The average Bonchev–Trinajstić information content (AvgIpc) is 3.24. The highest BCUT2D eigenvalue weighted by Crippen LogP contribution is 2.26. The first-order valence-corrected chi connectivity index (χ1v) is 10.1. The molecule has 0 atom stereocenters. The fourth-order valence-corrected chi connectivity index (χ4v) is 3.36. The topological polar surface area (TPSA) is 103 Å². The molecular weight excluding hydrogens is 406 g/mol. The van der Waals surface area contributed by atoms with E-state index >= 15 is 0 Å². The monoisotopic (exact) mass is 427 g/mol. The summed E-state index contributed by atoms with van der Waals surface area (Å²) in [7, 11) is 0. The van der Waals surface area contributed by atoms with Crippen LogP contribution in [-0.4, -0.2) is 32.1 Å². The Morgan fingerprint density at radius 2 is 1.81 bits per heavy atom. The molecule has 8 nitrogen and oxygen atoms in total. The van der Waals surface area contributed by atoms with Crippen molar-refractivity contribution in [2.45, 2.75) is 12.8 Å². The van der Waals surface area contributed by atoms with Crippen LogP contribution in [0.3, 0.4) is 0 Å². The number of carbonyl (C=O) groups excluding carboxylic acids is 1. The summed E-state index contributed by atoms with van der Waals surface area (Å²) >= 11 is 0. The Hall–Kier alpha value is -4.33. The maximum absolute atomic E-state index is 12.6. The van der Waals surface area contributed by atoms with E-state index in [1.165, 1.54) is 12.1 Å². The highest BCUT2D eigenvalue weighted by atomic mass is 16.6. The maximum Gasteiger partial charge on any atom is 0.269 e. The Kier molecular flexibility index (Phi) is 6.31. The maximum atomic E-state index is 12.6. The second-order valence-electron chi connectivity index (χ2n) is 7.23. The Labute approximate surface area is 184 Å². The van der Waals surface area contributed by atoms with Gasteiger partial charge in [0.25, 0.3) is 5.69 Å². The zero-order valence-corrected chi connectivity index (χ0v) is 17.2. The molecule has 0 bridgehead atoms. The second kappa shape index (κ2) is 9.65. The number of nitrogens with one attached hydrogen (secondary N) is 1. The van der Waals surface area contributed by atoms with Gasteiger partial charge < -0.3 is 5.32 Å². The lowest BCUT2D eigenvalue weighted by atomic mass is 10.1. The number of benzene rings is 2. The summed E-state index contributed by atoms with van der Waals surface area (Å²) in [6, 6.07) is 19.6. The van der Waals surface area contributed by atoms with Gasteiger partial charge >= 0.3 is 0 Å². The number of nitrogens with zero attached hydrogens (tertiary/aromatic N) is 4. The minimum Gasteiger partial charge on any atom is -0.355 e. The third kappa shape index (κ3) is 5.04. The van der Waals surface area contributed by atoms with Crippen LogP contribution < -0.4 is 5.32 Å². The Morgan fingerprint density at radius 3 is 2.50 bits per heavy atom. The van der Waals surface area contributed by atoms with Gasteiger partial charge in [0.1, 0.15) is 0 Å². The Balaban J connectivity index is 1.54. The number of hydrogen-bond acceptors (Lipinski definition) is 5. The third-order valence-electron chi connectivity index (χ3n) is 4.97. The number of aromatic nitrogens is 3. The molecular formula is C24H21N5O3. The molecule has 2 heterocycles. The first-order valence-electron chi connectivity index (χ1n) is 10.1. The van der Waals surface area contributed by atoms with E-state index < -0.39 is 4.92 Å². The lowest BCUT2D eigenvalue weighted by Gasteiger charge is -2.06. The lowest BCUT2D eigenvalue weighted by Crippen LogP contribution is -2.27. The van der Waals surface area contributed by atoms with E-state index in [-0.39, 0.29) is 18.0 Å². The van der Waals surface area contributed by atoms with Gasteiger partial charge in [0.2, 0.25) is 5.91 Å². The van der Waals surface area contributed by atoms with Gasteiger partial charge in [-0.1, -0.05) is 24.3 Å². The van der Waals surface area contributed by atoms with Crippen LogP contribution in [0.1, 0.15) is 11.1 Å². The van der Waals surface area contributed by atoms with E-state index in [0.717, 1.165) is 16.8 Å². The molecule has 8 heteroatoms. The molecule has 0 saturated carbocycles. The molecule has 0 radical (unpaired) electrons. The first kappa shape index (κ1) is 20.9. The van der Waals surface area contributed by atoms with Crippen molar-refractivity contribution in [2.24, 2.45) is 0 Å². The van der Waals surface area contributed by atoms with E-state index in [1.54, 1.807) is 29.2 Å². The van der Waals surface area contributed by atoms with Gasteiger partial charge in [0.15, 0.2) is 0 Å². The van der Waals surface area contributed by atoms with E-state index in [1.807, 2.05) is 48.7 Å². The number of pyridine rings is 1. The Bertz CT molecular complexity index is 1210. The molecule has 0 aliphatic carbocycles. The van der Waals surface area contributed by atoms with Crippen LogP contribution >= 0.6 is 0 Å². The number of nitro benzene ring substituents is 1. The zero-order valence-electron chi connectivity index (χ0n) is 17.2. The van der Waals surface area contributed by atoms with Crippen LogP contribution in [0.2, 0.25) is 0 Å². The van der Waals surface area contributed by atoms with Gasteiger partial charge in [-0.25, -0.2) is 4.68 Å². The van der Waals surface area contributed by atoms with E-state index in [4.69, 9.17) is 0 Å². The molecule has 4 rings (SSSR count). The Morgan fingerprint density at radius 1 is 1.03 bits per heavy atom. The van der Waals surface area contributed by atoms with Gasteiger partial charge in [-0.2, -0.15) is 5.10 Å². The van der Waals surface area contributed by atoms with Crippen molar-refractivity contribution in [2.75, 3.05) is 6.54 Å². The summed E-state index contributed by atoms with van der Waals surface area (Å²) in [6.07, 6.45) is 6.16. The molecule has 0 saturated heterocycles. The molecule has 1 N–H and O–H groups in total. The number of non-ortho nitro benzene ring substituents is 1. The lowest BCUT2D eigenvalue weighted by molar-refractivity contribution is -0.384. The molecule has 2 aromatic carbocycles.